The molecule has 0 saturated carbocycles. The zero-order valence-corrected chi connectivity index (χ0v) is 14.9. The molecule has 0 bridgehead atoms. The van der Waals surface area contributed by atoms with E-state index in [2.05, 4.69) is 31.9 Å². The third kappa shape index (κ3) is 3.26. The van der Waals surface area contributed by atoms with Gasteiger partial charge in [0.2, 0.25) is 0 Å². The molecule has 0 aliphatic heterocycles. The molecule has 1 heterocycles. The van der Waals surface area contributed by atoms with Crippen LogP contribution in [0.15, 0.2) is 31.8 Å². The van der Waals surface area contributed by atoms with Crippen LogP contribution in [0.3, 0.4) is 0 Å². The van der Waals surface area contributed by atoms with E-state index in [1.165, 1.54) is 23.5 Å². The second kappa shape index (κ2) is 6.85. The highest BCUT2D eigenvalue weighted by molar-refractivity contribution is 9.12. The first kappa shape index (κ1) is 16.4. The van der Waals surface area contributed by atoms with Crippen LogP contribution in [0, 0.1) is 5.82 Å². The van der Waals surface area contributed by atoms with Gasteiger partial charge in [0.25, 0.3) is 0 Å². The molecular weight excluding hydrogens is 432 g/mol. The molecule has 2 nitrogen and oxygen atoms in total. The number of hydrogen-bond donors (Lipinski definition) is 2. The van der Waals surface area contributed by atoms with Crippen molar-refractivity contribution in [2.75, 3.05) is 6.54 Å². The minimum absolute atomic E-state index is 0.0850. The first-order chi connectivity index (χ1) is 9.45. The monoisotopic (exact) mass is 441 g/mol. The molecule has 7 heteroatoms. The van der Waals surface area contributed by atoms with Gasteiger partial charge in [0.15, 0.2) is 0 Å². The molecule has 1 aromatic carbocycles. The fourth-order valence-electron chi connectivity index (χ4n) is 2.04. The van der Waals surface area contributed by atoms with E-state index in [9.17, 15) is 9.50 Å². The van der Waals surface area contributed by atoms with Gasteiger partial charge in [0, 0.05) is 28.6 Å². The van der Waals surface area contributed by atoms with Crippen molar-refractivity contribution in [2.24, 2.45) is 5.73 Å². The molecule has 3 N–H and O–H groups in total. The van der Waals surface area contributed by atoms with Crippen LogP contribution in [0.2, 0.25) is 5.02 Å². The molecule has 1 aromatic heterocycles. The molecule has 2 unspecified atom stereocenters. The maximum atomic E-state index is 14.0. The number of aliphatic hydroxyl groups excluding tert-OH is 1. The second-order valence-corrected chi connectivity index (χ2v) is 8.36. The smallest absolute Gasteiger partial charge is 0.128 e. The molecule has 0 spiro atoms. The van der Waals surface area contributed by atoms with Gasteiger partial charge in [-0.3, -0.25) is 0 Å². The lowest BCUT2D eigenvalue weighted by molar-refractivity contribution is 0.145. The van der Waals surface area contributed by atoms with Gasteiger partial charge in [0.1, 0.15) is 5.82 Å². The van der Waals surface area contributed by atoms with Crippen LogP contribution in [0.1, 0.15) is 23.1 Å². The van der Waals surface area contributed by atoms with E-state index >= 15 is 0 Å². The van der Waals surface area contributed by atoms with Gasteiger partial charge in [-0.25, -0.2) is 4.39 Å². The van der Waals surface area contributed by atoms with Crippen LogP contribution in [0.5, 0.6) is 0 Å². The van der Waals surface area contributed by atoms with E-state index in [4.69, 9.17) is 17.3 Å². The zero-order chi connectivity index (χ0) is 14.9. The number of benzene rings is 1. The highest BCUT2D eigenvalue weighted by Gasteiger charge is 2.28. The third-order valence-corrected chi connectivity index (χ3v) is 5.72. The van der Waals surface area contributed by atoms with Crippen molar-refractivity contribution in [3.63, 3.8) is 0 Å². The number of thiophene rings is 1. The van der Waals surface area contributed by atoms with Crippen LogP contribution in [0.4, 0.5) is 4.39 Å². The topological polar surface area (TPSA) is 46.2 Å². The van der Waals surface area contributed by atoms with Crippen LogP contribution < -0.4 is 5.73 Å². The Morgan fingerprint density at radius 3 is 2.60 bits per heavy atom. The molecule has 2 rings (SSSR count). The lowest BCUT2D eigenvalue weighted by atomic mass is 9.90. The van der Waals surface area contributed by atoms with E-state index in [0.717, 1.165) is 7.57 Å². The molecule has 0 saturated heterocycles. The minimum atomic E-state index is -0.939. The summed E-state index contributed by atoms with van der Waals surface area (Å²) in [6, 6.07) is 6.22. The van der Waals surface area contributed by atoms with Crippen molar-refractivity contribution in [3.05, 3.63) is 53.8 Å². The Balaban J connectivity index is 2.45. The van der Waals surface area contributed by atoms with E-state index in [0.29, 0.717) is 5.56 Å². The first-order valence-electron chi connectivity index (χ1n) is 5.72. The second-order valence-electron chi connectivity index (χ2n) is 4.20. The Kier molecular flexibility index (Phi) is 5.62. The first-order valence-corrected chi connectivity index (χ1v) is 8.50. The minimum Gasteiger partial charge on any atom is -0.388 e. The summed E-state index contributed by atoms with van der Waals surface area (Å²) in [4.78, 5) is 0. The summed E-state index contributed by atoms with van der Waals surface area (Å²) in [7, 11) is 0. The standard InChI is InChI=1S/C13H11Br2ClFNOS/c14-10-4-6(13(15)20-10)12(19)7(5-18)11-8(16)2-1-3-9(11)17/h1-4,7,12,19H,5,18H2. The van der Waals surface area contributed by atoms with Crippen molar-refractivity contribution in [3.8, 4) is 0 Å². The number of hydrogen-bond acceptors (Lipinski definition) is 3. The summed E-state index contributed by atoms with van der Waals surface area (Å²) in [6.45, 7) is 0.0850. The number of rotatable bonds is 4. The summed E-state index contributed by atoms with van der Waals surface area (Å²) in [5.74, 6) is -1.07. The van der Waals surface area contributed by atoms with Gasteiger partial charge in [-0.15, -0.1) is 11.3 Å². The van der Waals surface area contributed by atoms with Crippen LogP contribution in [-0.4, -0.2) is 11.7 Å². The van der Waals surface area contributed by atoms with Gasteiger partial charge in [-0.2, -0.15) is 0 Å². The number of aliphatic hydroxyl groups is 1. The molecule has 0 aliphatic carbocycles. The largest absolute Gasteiger partial charge is 0.388 e. The van der Waals surface area contributed by atoms with Gasteiger partial charge in [-0.05, 0) is 50.1 Å². The van der Waals surface area contributed by atoms with Crippen molar-refractivity contribution in [1.29, 1.82) is 0 Å². The Labute approximate surface area is 142 Å². The lowest BCUT2D eigenvalue weighted by Gasteiger charge is -2.23. The van der Waals surface area contributed by atoms with Crippen molar-refractivity contribution in [2.45, 2.75) is 12.0 Å². The van der Waals surface area contributed by atoms with E-state index in [1.54, 1.807) is 12.1 Å². The summed E-state index contributed by atoms with van der Waals surface area (Å²) in [5, 5.41) is 10.8. The normalized spacial score (nSPS) is 14.3. The van der Waals surface area contributed by atoms with Crippen LogP contribution in [-0.2, 0) is 0 Å². The summed E-state index contributed by atoms with van der Waals surface area (Å²) >= 11 is 14.2. The number of nitrogens with two attached hydrogens (primary N) is 1. The Bertz CT molecular complexity index is 602. The van der Waals surface area contributed by atoms with Gasteiger partial charge >= 0.3 is 0 Å². The average molecular weight is 444 g/mol. The third-order valence-electron chi connectivity index (χ3n) is 3.01. The Hall–Kier alpha value is 0.0200. The molecule has 20 heavy (non-hydrogen) atoms. The number of halogens is 4. The van der Waals surface area contributed by atoms with E-state index in [-0.39, 0.29) is 17.1 Å². The molecule has 0 radical (unpaired) electrons. The molecule has 108 valence electrons. The van der Waals surface area contributed by atoms with Crippen molar-refractivity contribution in [1.82, 2.24) is 0 Å². The summed E-state index contributed by atoms with van der Waals surface area (Å²) < 4.78 is 15.6. The Morgan fingerprint density at radius 2 is 2.10 bits per heavy atom. The predicted molar refractivity (Wildman–Crippen MR) is 87.9 cm³/mol. The molecule has 2 aromatic rings. The van der Waals surface area contributed by atoms with Crippen molar-refractivity contribution >= 4 is 54.8 Å². The van der Waals surface area contributed by atoms with Crippen LogP contribution in [0.25, 0.3) is 0 Å². The van der Waals surface area contributed by atoms with Gasteiger partial charge in [-0.1, -0.05) is 17.7 Å². The Morgan fingerprint density at radius 1 is 1.40 bits per heavy atom. The molecule has 0 amide bonds. The fraction of sp³-hybridized carbons (Fsp3) is 0.231. The molecule has 2 atom stereocenters. The highest BCUT2D eigenvalue weighted by atomic mass is 79.9. The van der Waals surface area contributed by atoms with E-state index in [1.807, 2.05) is 0 Å². The predicted octanol–water partition coefficient (Wildman–Crippen LogP) is 4.84. The molecular formula is C13H11Br2ClFNOS. The fourth-order valence-corrected chi connectivity index (χ4v) is 5.25. The summed E-state index contributed by atoms with van der Waals surface area (Å²) in [5.41, 5.74) is 6.64. The van der Waals surface area contributed by atoms with E-state index < -0.39 is 17.8 Å². The molecule has 0 fully saturated rings. The highest BCUT2D eigenvalue weighted by Crippen LogP contribution is 2.42. The summed E-state index contributed by atoms with van der Waals surface area (Å²) in [6.07, 6.45) is -0.939. The van der Waals surface area contributed by atoms with Gasteiger partial charge in [0.05, 0.1) is 13.7 Å². The maximum absolute atomic E-state index is 14.0. The van der Waals surface area contributed by atoms with Crippen molar-refractivity contribution < 1.29 is 9.50 Å². The van der Waals surface area contributed by atoms with Gasteiger partial charge < -0.3 is 10.8 Å². The maximum Gasteiger partial charge on any atom is 0.128 e. The van der Waals surface area contributed by atoms with Crippen LogP contribution >= 0.6 is 54.8 Å². The quantitative estimate of drug-likeness (QED) is 0.710. The SMILES string of the molecule is NCC(c1c(F)cccc1Cl)C(O)c1cc(Br)sc1Br. The zero-order valence-electron chi connectivity index (χ0n) is 10.1. The average Bonchev–Trinajstić information content (AvgIpc) is 2.72. The molecule has 0 aliphatic rings. The lowest BCUT2D eigenvalue weighted by Crippen LogP contribution is -2.21.